The number of imidazole rings is 1. The number of aliphatic imine (C=N–C) groups is 1. The van der Waals surface area contributed by atoms with Crippen molar-refractivity contribution >= 4 is 21.6 Å². The predicted molar refractivity (Wildman–Crippen MR) is 108 cm³/mol. The van der Waals surface area contributed by atoms with Crippen molar-refractivity contribution in [2.24, 2.45) is 4.99 Å². The summed E-state index contributed by atoms with van der Waals surface area (Å²) in [4.78, 5) is 18.5. The monoisotopic (exact) mass is 434 g/mol. The van der Waals surface area contributed by atoms with Crippen LogP contribution in [0.1, 0.15) is 35.7 Å². The molecule has 0 saturated heterocycles. The molecule has 1 aliphatic heterocycles. The molecule has 0 spiro atoms. The van der Waals surface area contributed by atoms with Gasteiger partial charge in [-0.15, -0.1) is 0 Å². The van der Waals surface area contributed by atoms with Gasteiger partial charge in [-0.3, -0.25) is 14.5 Å². The Kier molecular flexibility index (Phi) is 3.94. The fraction of sp³-hybridized carbons (Fsp3) is 0.150. The Bertz CT molecular complexity index is 1210. The number of fused-ring (bicyclic) bond motifs is 3. The number of aromatic nitrogens is 5. The molecule has 8 heteroatoms. The second kappa shape index (κ2) is 6.49. The Labute approximate surface area is 169 Å². The highest BCUT2D eigenvalue weighted by Crippen LogP contribution is 2.36. The zero-order chi connectivity index (χ0) is 19.3. The molecule has 1 aromatic carbocycles. The zero-order valence-corrected chi connectivity index (χ0v) is 16.8. The Balaban J connectivity index is 1.79. The minimum Gasteiger partial charge on any atom is -0.332 e. The van der Waals surface area contributed by atoms with Crippen LogP contribution in [0, 0.1) is 6.92 Å². The summed E-state index contributed by atoms with van der Waals surface area (Å²) < 4.78 is 8.39. The van der Waals surface area contributed by atoms with Crippen LogP contribution in [0.3, 0.4) is 0 Å². The molecule has 0 N–H and O–H groups in total. The molecule has 4 heterocycles. The van der Waals surface area contributed by atoms with Crippen molar-refractivity contribution in [2.75, 3.05) is 0 Å². The first-order valence-electron chi connectivity index (χ1n) is 8.79. The number of benzene rings is 1. The van der Waals surface area contributed by atoms with Crippen molar-refractivity contribution in [3.8, 4) is 17.3 Å². The Morgan fingerprint density at radius 2 is 2.04 bits per heavy atom. The molecule has 5 rings (SSSR count). The van der Waals surface area contributed by atoms with Crippen molar-refractivity contribution in [2.45, 2.75) is 19.9 Å². The molecule has 0 unspecified atom stereocenters. The summed E-state index contributed by atoms with van der Waals surface area (Å²) in [7, 11) is 0. The summed E-state index contributed by atoms with van der Waals surface area (Å²) in [5, 5.41) is 3.90. The molecule has 7 nitrogen and oxygen atoms in total. The highest BCUT2D eigenvalue weighted by Gasteiger charge is 2.28. The van der Waals surface area contributed by atoms with E-state index in [1.807, 2.05) is 41.8 Å². The molecule has 3 aromatic heterocycles. The van der Waals surface area contributed by atoms with Gasteiger partial charge in [0.05, 0.1) is 28.8 Å². The van der Waals surface area contributed by atoms with Gasteiger partial charge in [0, 0.05) is 16.2 Å². The molecule has 0 saturated carbocycles. The highest BCUT2D eigenvalue weighted by atomic mass is 79.9. The minimum absolute atomic E-state index is 0.187. The van der Waals surface area contributed by atoms with E-state index in [2.05, 4.69) is 42.1 Å². The maximum Gasteiger partial charge on any atom is 0.278 e. The second-order valence-corrected chi connectivity index (χ2v) is 7.44. The number of nitrogens with zero attached hydrogens (tertiary/aromatic N) is 6. The van der Waals surface area contributed by atoms with Gasteiger partial charge in [-0.05, 0) is 44.2 Å². The lowest BCUT2D eigenvalue weighted by Gasteiger charge is -2.12. The fourth-order valence-electron chi connectivity index (χ4n) is 3.45. The molecule has 1 aliphatic rings. The van der Waals surface area contributed by atoms with Crippen molar-refractivity contribution < 1.29 is 4.52 Å². The molecule has 0 fully saturated rings. The van der Waals surface area contributed by atoms with E-state index in [0.29, 0.717) is 17.4 Å². The van der Waals surface area contributed by atoms with E-state index in [0.717, 1.165) is 32.8 Å². The van der Waals surface area contributed by atoms with Gasteiger partial charge in [-0.2, -0.15) is 4.98 Å². The van der Waals surface area contributed by atoms with E-state index in [1.54, 1.807) is 19.4 Å². The van der Waals surface area contributed by atoms with Crippen molar-refractivity contribution in [3.63, 3.8) is 0 Å². The van der Waals surface area contributed by atoms with Gasteiger partial charge in [0.1, 0.15) is 6.33 Å². The molecule has 0 bridgehead atoms. The molecule has 0 amide bonds. The lowest BCUT2D eigenvalue weighted by Crippen LogP contribution is -2.08. The van der Waals surface area contributed by atoms with Crippen LogP contribution in [-0.2, 0) is 0 Å². The average Bonchev–Trinajstić information content (AvgIpc) is 3.30. The summed E-state index contributed by atoms with van der Waals surface area (Å²) in [5.74, 6) is 0.966. The maximum atomic E-state index is 5.38. The van der Waals surface area contributed by atoms with Gasteiger partial charge in [-0.1, -0.05) is 27.2 Å². The van der Waals surface area contributed by atoms with E-state index < -0.39 is 0 Å². The summed E-state index contributed by atoms with van der Waals surface area (Å²) in [6.07, 6.45) is 3.56. The number of aryl methyl sites for hydroxylation is 1. The molecule has 138 valence electrons. The van der Waals surface area contributed by atoms with Gasteiger partial charge < -0.3 is 4.52 Å². The summed E-state index contributed by atoms with van der Waals surface area (Å²) >= 11 is 3.58. The van der Waals surface area contributed by atoms with E-state index >= 15 is 0 Å². The molecule has 28 heavy (non-hydrogen) atoms. The highest BCUT2D eigenvalue weighted by molar-refractivity contribution is 9.10. The van der Waals surface area contributed by atoms with Gasteiger partial charge >= 0.3 is 0 Å². The van der Waals surface area contributed by atoms with Gasteiger partial charge in [0.15, 0.2) is 11.5 Å². The lowest BCUT2D eigenvalue weighted by atomic mass is 10.0. The smallest absolute Gasteiger partial charge is 0.278 e. The van der Waals surface area contributed by atoms with Crippen molar-refractivity contribution in [1.29, 1.82) is 0 Å². The molecular formula is C20H15BrN6O. The van der Waals surface area contributed by atoms with Crippen LogP contribution in [0.15, 0.2) is 62.9 Å². The van der Waals surface area contributed by atoms with E-state index in [-0.39, 0.29) is 6.04 Å². The summed E-state index contributed by atoms with van der Waals surface area (Å²) in [6.45, 7) is 3.82. The van der Waals surface area contributed by atoms with Crippen LogP contribution >= 0.6 is 15.9 Å². The quantitative estimate of drug-likeness (QED) is 0.469. The first-order chi connectivity index (χ1) is 13.6. The van der Waals surface area contributed by atoms with E-state index in [4.69, 9.17) is 9.52 Å². The van der Waals surface area contributed by atoms with Gasteiger partial charge in [-0.25, -0.2) is 4.98 Å². The minimum atomic E-state index is -0.187. The predicted octanol–water partition coefficient (Wildman–Crippen LogP) is 4.30. The number of rotatable bonds is 2. The maximum absolute atomic E-state index is 5.38. The average molecular weight is 435 g/mol. The van der Waals surface area contributed by atoms with Crippen molar-refractivity contribution in [1.82, 2.24) is 24.7 Å². The van der Waals surface area contributed by atoms with Crippen LogP contribution in [0.2, 0.25) is 0 Å². The summed E-state index contributed by atoms with van der Waals surface area (Å²) in [6, 6.07) is 11.8. The SMILES string of the molecule is Cc1noc(-c2ncn3c2[C@@H](C)N=C(c2ccccn2)c2cc(Br)ccc2-3)n1. The first kappa shape index (κ1) is 17.0. The van der Waals surface area contributed by atoms with Crippen LogP contribution in [0.4, 0.5) is 0 Å². The first-order valence-corrected chi connectivity index (χ1v) is 9.58. The molecule has 0 radical (unpaired) electrons. The Morgan fingerprint density at radius 3 is 2.79 bits per heavy atom. The number of halogens is 1. The standard InChI is InChI=1S/C20H15BrN6O/c1-11-19-18(20-25-12(2)26-28-20)23-10-27(19)16-7-6-13(21)9-14(16)17(24-11)15-5-3-4-8-22-15/h3-11H,1-2H3/t11-/m1/s1. The largest absolute Gasteiger partial charge is 0.332 e. The Morgan fingerprint density at radius 1 is 1.14 bits per heavy atom. The third-order valence-corrected chi connectivity index (χ3v) is 5.13. The number of hydrogen-bond acceptors (Lipinski definition) is 6. The third kappa shape index (κ3) is 2.68. The lowest BCUT2D eigenvalue weighted by molar-refractivity contribution is 0.424. The number of hydrogen-bond donors (Lipinski definition) is 0. The molecule has 1 atom stereocenters. The second-order valence-electron chi connectivity index (χ2n) is 6.53. The zero-order valence-electron chi connectivity index (χ0n) is 15.2. The van der Waals surface area contributed by atoms with Crippen LogP contribution in [0.25, 0.3) is 17.3 Å². The molecule has 0 aliphatic carbocycles. The van der Waals surface area contributed by atoms with E-state index in [1.165, 1.54) is 0 Å². The molecule has 4 aromatic rings. The van der Waals surface area contributed by atoms with Crippen LogP contribution < -0.4 is 0 Å². The third-order valence-electron chi connectivity index (χ3n) is 4.63. The fourth-order valence-corrected chi connectivity index (χ4v) is 3.81. The van der Waals surface area contributed by atoms with Crippen LogP contribution in [0.5, 0.6) is 0 Å². The summed E-state index contributed by atoms with van der Waals surface area (Å²) in [5.41, 5.74) is 5.15. The van der Waals surface area contributed by atoms with Gasteiger partial charge in [0.2, 0.25) is 0 Å². The van der Waals surface area contributed by atoms with Gasteiger partial charge in [0.25, 0.3) is 5.89 Å². The normalized spacial score (nSPS) is 15.5. The van der Waals surface area contributed by atoms with Crippen molar-refractivity contribution in [3.05, 3.63) is 76.2 Å². The molecular weight excluding hydrogens is 420 g/mol. The topological polar surface area (TPSA) is 82.0 Å². The van der Waals surface area contributed by atoms with E-state index in [9.17, 15) is 0 Å². The number of pyridine rings is 1. The van der Waals surface area contributed by atoms with Crippen LogP contribution in [-0.4, -0.2) is 30.4 Å². The Hall–Kier alpha value is -3.13.